The van der Waals surface area contributed by atoms with Gasteiger partial charge in [-0.1, -0.05) is 23.8 Å². The highest BCUT2D eigenvalue weighted by Gasteiger charge is 2.38. The number of benzene rings is 1. The highest BCUT2D eigenvalue weighted by molar-refractivity contribution is 5.51. The number of rotatable bonds is 1. The zero-order valence-corrected chi connectivity index (χ0v) is 11.3. The van der Waals surface area contributed by atoms with Gasteiger partial charge in [0.25, 0.3) is 0 Å². The fraction of sp³-hybridized carbons (Fsp3) is 0.353. The van der Waals surface area contributed by atoms with E-state index in [4.69, 9.17) is 0 Å². The first kappa shape index (κ1) is 11.0. The fourth-order valence-electron chi connectivity index (χ4n) is 3.72. The second-order valence-corrected chi connectivity index (χ2v) is 5.81. The molecular formula is C17H19N2+. The van der Waals surface area contributed by atoms with Crippen molar-refractivity contribution < 1.29 is 4.57 Å². The van der Waals surface area contributed by atoms with Gasteiger partial charge in [-0.05, 0) is 44.4 Å². The van der Waals surface area contributed by atoms with E-state index in [1.54, 1.807) is 5.57 Å². The maximum absolute atomic E-state index is 2.48. The third-order valence-corrected chi connectivity index (χ3v) is 4.67. The lowest BCUT2D eigenvalue weighted by atomic mass is 9.91. The maximum atomic E-state index is 2.48. The van der Waals surface area contributed by atoms with Crippen LogP contribution in [0.4, 0.5) is 0 Å². The standard InChI is InChI=1S/C17H19N2/c1-13-10-15-11-18(14-6-3-2-4-7-14)12-19(15)17-9-5-8-16(13)17/h2-4,6-7,10-12,16-17H,5,8-9H2,1H3/q+1. The Labute approximate surface area is 114 Å². The minimum Gasteiger partial charge on any atom is -0.227 e. The van der Waals surface area contributed by atoms with Crippen LogP contribution < -0.4 is 4.57 Å². The Balaban J connectivity index is 1.82. The lowest BCUT2D eigenvalue weighted by molar-refractivity contribution is -0.595. The van der Waals surface area contributed by atoms with Crippen LogP contribution in [0.2, 0.25) is 0 Å². The van der Waals surface area contributed by atoms with Gasteiger partial charge in [-0.3, -0.25) is 0 Å². The first-order chi connectivity index (χ1) is 9.33. The van der Waals surface area contributed by atoms with Gasteiger partial charge >= 0.3 is 0 Å². The predicted octanol–water partition coefficient (Wildman–Crippen LogP) is 3.52. The van der Waals surface area contributed by atoms with Gasteiger partial charge in [0, 0.05) is 5.92 Å². The van der Waals surface area contributed by atoms with Crippen LogP contribution in [0, 0.1) is 5.92 Å². The van der Waals surface area contributed by atoms with Crippen molar-refractivity contribution in [1.82, 2.24) is 4.57 Å². The minimum atomic E-state index is 0.685. The molecule has 2 heteroatoms. The lowest BCUT2D eigenvalue weighted by Gasteiger charge is -2.22. The van der Waals surface area contributed by atoms with Crippen molar-refractivity contribution in [3.8, 4) is 5.69 Å². The van der Waals surface area contributed by atoms with E-state index in [0.717, 1.165) is 5.92 Å². The molecule has 0 radical (unpaired) electrons. The van der Waals surface area contributed by atoms with Crippen molar-refractivity contribution in [3.63, 3.8) is 0 Å². The third-order valence-electron chi connectivity index (χ3n) is 4.67. The van der Waals surface area contributed by atoms with Gasteiger partial charge in [-0.2, -0.15) is 0 Å². The number of imidazole rings is 1. The van der Waals surface area contributed by atoms with Crippen molar-refractivity contribution >= 4 is 6.08 Å². The molecule has 1 fully saturated rings. The molecular weight excluding hydrogens is 232 g/mol. The van der Waals surface area contributed by atoms with Gasteiger partial charge in [0.2, 0.25) is 6.33 Å². The van der Waals surface area contributed by atoms with Crippen molar-refractivity contribution in [1.29, 1.82) is 0 Å². The Morgan fingerprint density at radius 3 is 2.84 bits per heavy atom. The Hall–Kier alpha value is -1.83. The van der Waals surface area contributed by atoms with E-state index in [-0.39, 0.29) is 0 Å². The normalized spacial score (nSPS) is 24.8. The van der Waals surface area contributed by atoms with Gasteiger partial charge in [-0.15, -0.1) is 0 Å². The zero-order chi connectivity index (χ0) is 12.8. The molecule has 4 rings (SSSR count). The Morgan fingerprint density at radius 1 is 1.16 bits per heavy atom. The van der Waals surface area contributed by atoms with Crippen LogP contribution in [0.3, 0.4) is 0 Å². The Morgan fingerprint density at radius 2 is 2.00 bits per heavy atom. The lowest BCUT2D eigenvalue weighted by Crippen LogP contribution is -2.28. The molecule has 0 amide bonds. The van der Waals surface area contributed by atoms with Gasteiger partial charge < -0.3 is 0 Å². The van der Waals surface area contributed by atoms with E-state index in [1.807, 2.05) is 0 Å². The average Bonchev–Trinajstić information content (AvgIpc) is 3.05. The molecule has 1 saturated carbocycles. The quantitative estimate of drug-likeness (QED) is 0.686. The summed E-state index contributed by atoms with van der Waals surface area (Å²) in [6, 6.07) is 11.3. The van der Waals surface area contributed by atoms with Crippen LogP contribution in [-0.2, 0) is 0 Å². The molecule has 2 aliphatic rings. The van der Waals surface area contributed by atoms with Crippen molar-refractivity contribution in [3.05, 3.63) is 54.1 Å². The Kier molecular flexibility index (Phi) is 2.37. The van der Waals surface area contributed by atoms with Crippen LogP contribution in [0.5, 0.6) is 0 Å². The molecule has 0 N–H and O–H groups in total. The summed E-state index contributed by atoms with van der Waals surface area (Å²) in [4.78, 5) is 0. The van der Waals surface area contributed by atoms with E-state index in [1.165, 1.54) is 30.6 Å². The van der Waals surface area contributed by atoms with E-state index in [9.17, 15) is 0 Å². The maximum Gasteiger partial charge on any atom is 0.249 e. The zero-order valence-electron chi connectivity index (χ0n) is 11.3. The number of hydrogen-bond donors (Lipinski definition) is 0. The summed E-state index contributed by atoms with van der Waals surface area (Å²) < 4.78 is 4.73. The number of aromatic nitrogens is 2. The second-order valence-electron chi connectivity index (χ2n) is 5.81. The molecule has 0 saturated heterocycles. The van der Waals surface area contributed by atoms with Crippen molar-refractivity contribution in [2.24, 2.45) is 5.92 Å². The van der Waals surface area contributed by atoms with Crippen molar-refractivity contribution in [2.45, 2.75) is 32.2 Å². The largest absolute Gasteiger partial charge is 0.249 e. The molecule has 19 heavy (non-hydrogen) atoms. The van der Waals surface area contributed by atoms with Crippen LogP contribution in [0.25, 0.3) is 11.8 Å². The SMILES string of the molecule is CC1=Cc2c[n+](-c3ccccc3)cn2C2CCCC12. The van der Waals surface area contributed by atoms with E-state index >= 15 is 0 Å². The number of para-hydroxylation sites is 1. The summed E-state index contributed by atoms with van der Waals surface area (Å²) in [6.07, 6.45) is 10.9. The number of allylic oxidation sites excluding steroid dienone is 1. The van der Waals surface area contributed by atoms with Crippen LogP contribution in [-0.4, -0.2) is 4.57 Å². The molecule has 2 nitrogen and oxygen atoms in total. The van der Waals surface area contributed by atoms with E-state index in [2.05, 4.69) is 65.0 Å². The minimum absolute atomic E-state index is 0.685. The number of nitrogens with zero attached hydrogens (tertiary/aromatic N) is 2. The molecule has 1 aromatic carbocycles. The van der Waals surface area contributed by atoms with Gasteiger partial charge in [0.1, 0.15) is 17.9 Å². The Bertz CT molecular complexity index is 637. The molecule has 0 spiro atoms. The molecule has 1 aliphatic heterocycles. The van der Waals surface area contributed by atoms with Gasteiger partial charge in [0.15, 0.2) is 5.69 Å². The first-order valence-electron chi connectivity index (χ1n) is 7.20. The monoisotopic (exact) mass is 251 g/mol. The van der Waals surface area contributed by atoms with E-state index in [0.29, 0.717) is 6.04 Å². The summed E-state index contributed by atoms with van der Waals surface area (Å²) in [5.41, 5.74) is 4.16. The summed E-state index contributed by atoms with van der Waals surface area (Å²) >= 11 is 0. The highest BCUT2D eigenvalue weighted by Crippen LogP contribution is 2.43. The average molecular weight is 251 g/mol. The van der Waals surface area contributed by atoms with Gasteiger partial charge in [0.05, 0.1) is 0 Å². The molecule has 1 aromatic heterocycles. The molecule has 0 bridgehead atoms. The smallest absolute Gasteiger partial charge is 0.227 e. The summed E-state index contributed by atoms with van der Waals surface area (Å²) in [7, 11) is 0. The molecule has 2 aromatic rings. The van der Waals surface area contributed by atoms with Crippen molar-refractivity contribution in [2.75, 3.05) is 0 Å². The second kappa shape index (κ2) is 4.09. The van der Waals surface area contributed by atoms with Gasteiger partial charge in [-0.25, -0.2) is 9.13 Å². The first-order valence-corrected chi connectivity index (χ1v) is 7.20. The predicted molar refractivity (Wildman–Crippen MR) is 76.0 cm³/mol. The summed E-state index contributed by atoms with van der Waals surface area (Å²) in [5.74, 6) is 0.768. The van der Waals surface area contributed by atoms with E-state index < -0.39 is 0 Å². The topological polar surface area (TPSA) is 8.81 Å². The number of fused-ring (bicyclic) bond motifs is 3. The third kappa shape index (κ3) is 1.66. The fourth-order valence-corrected chi connectivity index (χ4v) is 3.72. The van der Waals surface area contributed by atoms with Crippen LogP contribution in [0.15, 0.2) is 48.4 Å². The molecule has 96 valence electrons. The summed E-state index contributed by atoms with van der Waals surface area (Å²) in [5, 5.41) is 0. The van der Waals surface area contributed by atoms with Crippen LogP contribution in [0.1, 0.15) is 37.9 Å². The molecule has 2 atom stereocenters. The molecule has 2 heterocycles. The molecule has 2 unspecified atom stereocenters. The van der Waals surface area contributed by atoms with Crippen LogP contribution >= 0.6 is 0 Å². The summed E-state index contributed by atoms with van der Waals surface area (Å²) in [6.45, 7) is 2.30. The molecule has 1 aliphatic carbocycles. The highest BCUT2D eigenvalue weighted by atomic mass is 15.2. The number of hydrogen-bond acceptors (Lipinski definition) is 0.